The van der Waals surface area contributed by atoms with Crippen LogP contribution in [0.3, 0.4) is 0 Å². The highest BCUT2D eigenvalue weighted by Gasteiger charge is 2.35. The summed E-state index contributed by atoms with van der Waals surface area (Å²) in [4.78, 5) is 24.6. The molecule has 0 saturated heterocycles. The number of rotatable bonds is 0. The molecule has 0 radical (unpaired) electrons. The fraction of sp³-hybridized carbons (Fsp3) is 0.400. The quantitative estimate of drug-likeness (QED) is 0.664. The maximum atomic E-state index is 11.7. The molecule has 1 aromatic rings. The monoisotopic (exact) mass is 208 g/mol. The molecule has 1 amide bonds. The smallest absolute Gasteiger partial charge is 0.254 e. The van der Waals surface area contributed by atoms with Gasteiger partial charge in [-0.1, -0.05) is 0 Å². The van der Waals surface area contributed by atoms with Crippen molar-refractivity contribution in [2.45, 2.75) is 13.0 Å². The van der Waals surface area contributed by atoms with Crippen LogP contribution in [0.5, 0.6) is 5.88 Å². The Labute approximate surface area is 86.6 Å². The number of aromatic nitrogens is 1. The number of amides is 1. The fourth-order valence-corrected chi connectivity index (χ4v) is 1.85. The highest BCUT2D eigenvalue weighted by atomic mass is 16.3. The van der Waals surface area contributed by atoms with E-state index >= 15 is 0 Å². The molecule has 0 saturated carbocycles. The molecule has 2 heterocycles. The van der Waals surface area contributed by atoms with Crippen molar-refractivity contribution in [2.24, 2.45) is 7.05 Å². The molecule has 80 valence electrons. The summed E-state index contributed by atoms with van der Waals surface area (Å²) in [6, 6.07) is 1.08. The van der Waals surface area contributed by atoms with E-state index in [0.29, 0.717) is 11.1 Å². The number of aromatic hydroxyl groups is 1. The maximum Gasteiger partial charge on any atom is 0.254 e. The summed E-state index contributed by atoms with van der Waals surface area (Å²) in [6.45, 7) is 1.81. The Morgan fingerprint density at radius 2 is 1.93 bits per heavy atom. The lowest BCUT2D eigenvalue weighted by molar-refractivity contribution is 0.0784. The third-order valence-electron chi connectivity index (χ3n) is 3.00. The van der Waals surface area contributed by atoms with Gasteiger partial charge in [-0.15, -0.1) is 0 Å². The molecule has 5 nitrogen and oxygen atoms in total. The highest BCUT2D eigenvalue weighted by molar-refractivity contribution is 5.99. The number of hydrogen-bond donors (Lipinski definition) is 1. The number of hydrogen-bond acceptors (Lipinski definition) is 3. The molecule has 0 spiro atoms. The maximum absolute atomic E-state index is 11.7. The van der Waals surface area contributed by atoms with Crippen molar-refractivity contribution in [3.63, 3.8) is 0 Å². The molecule has 0 aromatic carbocycles. The summed E-state index contributed by atoms with van der Waals surface area (Å²) in [6.07, 6.45) is 0. The van der Waals surface area contributed by atoms with Gasteiger partial charge in [-0.25, -0.2) is 0 Å². The van der Waals surface area contributed by atoms with Gasteiger partial charge >= 0.3 is 0 Å². The van der Waals surface area contributed by atoms with E-state index in [4.69, 9.17) is 0 Å². The predicted molar refractivity (Wildman–Crippen MR) is 53.9 cm³/mol. The van der Waals surface area contributed by atoms with Crippen molar-refractivity contribution in [2.75, 3.05) is 7.05 Å². The second-order valence-corrected chi connectivity index (χ2v) is 3.78. The van der Waals surface area contributed by atoms with E-state index in [1.807, 2.05) is 6.92 Å². The first-order valence-corrected chi connectivity index (χ1v) is 4.65. The van der Waals surface area contributed by atoms with Crippen LogP contribution in [0.4, 0.5) is 0 Å². The molecule has 0 fully saturated rings. The van der Waals surface area contributed by atoms with Gasteiger partial charge in [0.25, 0.3) is 11.5 Å². The topological polar surface area (TPSA) is 62.5 Å². The van der Waals surface area contributed by atoms with Crippen molar-refractivity contribution < 1.29 is 9.90 Å². The van der Waals surface area contributed by atoms with E-state index in [-0.39, 0.29) is 23.4 Å². The van der Waals surface area contributed by atoms with Gasteiger partial charge in [-0.2, -0.15) is 0 Å². The van der Waals surface area contributed by atoms with Crippen molar-refractivity contribution in [3.8, 4) is 5.88 Å². The molecule has 1 aliphatic rings. The lowest BCUT2D eigenvalue weighted by Crippen LogP contribution is -2.21. The summed E-state index contributed by atoms with van der Waals surface area (Å²) in [5.41, 5.74) is 0.470. The lowest BCUT2D eigenvalue weighted by atomic mass is 10.1. The number of carbonyl (C=O) groups is 1. The minimum atomic E-state index is -0.373. The Hall–Kier alpha value is -1.78. The van der Waals surface area contributed by atoms with Crippen molar-refractivity contribution in [1.82, 2.24) is 9.47 Å². The predicted octanol–water partition coefficient (Wildman–Crippen LogP) is 0.238. The molecule has 1 aromatic heterocycles. The van der Waals surface area contributed by atoms with Gasteiger partial charge in [-0.05, 0) is 6.92 Å². The molecule has 1 atom stereocenters. The average molecular weight is 208 g/mol. The Morgan fingerprint density at radius 3 is 2.53 bits per heavy atom. The first kappa shape index (κ1) is 9.76. The number of pyridine rings is 1. The van der Waals surface area contributed by atoms with E-state index in [9.17, 15) is 14.7 Å². The van der Waals surface area contributed by atoms with Crippen LogP contribution < -0.4 is 5.56 Å². The molecule has 1 unspecified atom stereocenters. The molecule has 15 heavy (non-hydrogen) atoms. The third-order valence-corrected chi connectivity index (χ3v) is 3.00. The molecular weight excluding hydrogens is 196 g/mol. The van der Waals surface area contributed by atoms with E-state index in [0.717, 1.165) is 4.57 Å². The Morgan fingerprint density at radius 1 is 1.33 bits per heavy atom. The van der Waals surface area contributed by atoms with E-state index in [1.165, 1.54) is 18.0 Å². The van der Waals surface area contributed by atoms with Gasteiger partial charge in [0.1, 0.15) is 0 Å². The van der Waals surface area contributed by atoms with Crippen molar-refractivity contribution in [3.05, 3.63) is 27.5 Å². The first-order chi connectivity index (χ1) is 6.95. The van der Waals surface area contributed by atoms with Crippen molar-refractivity contribution in [1.29, 1.82) is 0 Å². The van der Waals surface area contributed by atoms with Crippen LogP contribution in [0.2, 0.25) is 0 Å². The van der Waals surface area contributed by atoms with Crippen LogP contribution in [0, 0.1) is 0 Å². The van der Waals surface area contributed by atoms with Gasteiger partial charge < -0.3 is 10.0 Å². The van der Waals surface area contributed by atoms with Gasteiger partial charge in [0, 0.05) is 25.7 Å². The summed E-state index contributed by atoms with van der Waals surface area (Å²) >= 11 is 0. The van der Waals surface area contributed by atoms with Gasteiger partial charge in [0.15, 0.2) is 5.88 Å². The Bertz CT molecular complexity index is 504. The minimum absolute atomic E-state index is 0.122. The third kappa shape index (κ3) is 1.09. The van der Waals surface area contributed by atoms with Crippen LogP contribution in [0.1, 0.15) is 28.9 Å². The van der Waals surface area contributed by atoms with Crippen LogP contribution in [-0.4, -0.2) is 27.5 Å². The Kier molecular flexibility index (Phi) is 1.86. The number of nitrogens with zero attached hydrogens (tertiary/aromatic N) is 2. The molecular formula is C10H12N2O3. The zero-order chi connectivity index (χ0) is 11.3. The largest absolute Gasteiger partial charge is 0.494 e. The minimum Gasteiger partial charge on any atom is -0.494 e. The van der Waals surface area contributed by atoms with Crippen LogP contribution >= 0.6 is 0 Å². The average Bonchev–Trinajstić information content (AvgIpc) is 2.40. The summed E-state index contributed by atoms with van der Waals surface area (Å²) in [7, 11) is 3.13. The van der Waals surface area contributed by atoms with E-state index in [2.05, 4.69) is 0 Å². The first-order valence-electron chi connectivity index (χ1n) is 4.65. The zero-order valence-corrected chi connectivity index (χ0v) is 8.81. The zero-order valence-electron chi connectivity index (χ0n) is 8.81. The molecule has 5 heteroatoms. The summed E-state index contributed by atoms with van der Waals surface area (Å²) in [5.74, 6) is -0.340. The molecule has 0 bridgehead atoms. The van der Waals surface area contributed by atoms with Gasteiger partial charge in [0.2, 0.25) is 0 Å². The highest BCUT2D eigenvalue weighted by Crippen LogP contribution is 2.36. The number of fused-ring (bicyclic) bond motifs is 1. The van der Waals surface area contributed by atoms with Crippen LogP contribution in [-0.2, 0) is 7.05 Å². The standard InChI is InChI=1S/C10H12N2O3/c1-5-8-6(9(14)11(5)2)4-7(13)12(3)10(8)15/h4-5,15H,1-3H3. The molecule has 0 aliphatic carbocycles. The summed E-state index contributed by atoms with van der Waals surface area (Å²) < 4.78 is 1.14. The molecule has 1 aliphatic heterocycles. The van der Waals surface area contributed by atoms with E-state index in [1.54, 1.807) is 7.05 Å². The fourth-order valence-electron chi connectivity index (χ4n) is 1.85. The SMILES string of the molecule is CC1c2c(cc(=O)n(C)c2O)C(=O)N1C. The van der Waals surface area contributed by atoms with Crippen LogP contribution in [0.15, 0.2) is 10.9 Å². The lowest BCUT2D eigenvalue weighted by Gasteiger charge is -2.15. The van der Waals surface area contributed by atoms with Crippen LogP contribution in [0.25, 0.3) is 0 Å². The summed E-state index contributed by atoms with van der Waals surface area (Å²) in [5, 5.41) is 9.79. The van der Waals surface area contributed by atoms with Gasteiger partial charge in [0.05, 0.1) is 11.6 Å². The second kappa shape index (κ2) is 2.85. The second-order valence-electron chi connectivity index (χ2n) is 3.78. The molecule has 2 rings (SSSR count). The Balaban J connectivity index is 2.81. The number of carbonyl (C=O) groups excluding carboxylic acids is 1. The van der Waals surface area contributed by atoms with E-state index < -0.39 is 0 Å². The normalized spacial score (nSPS) is 19.5. The van der Waals surface area contributed by atoms with Crippen molar-refractivity contribution >= 4 is 5.91 Å². The van der Waals surface area contributed by atoms with Gasteiger partial charge in [-0.3, -0.25) is 14.2 Å². The molecule has 1 N–H and O–H groups in total.